The van der Waals surface area contributed by atoms with Gasteiger partial charge < -0.3 is 5.11 Å². The van der Waals surface area contributed by atoms with E-state index in [1.54, 1.807) is 6.07 Å². The van der Waals surface area contributed by atoms with Crippen molar-refractivity contribution >= 4 is 21.6 Å². The Balaban J connectivity index is 2.85. The molecule has 78 valence electrons. The lowest BCUT2D eigenvalue weighted by Crippen LogP contribution is -2.22. The number of primary sulfonamides is 1. The molecule has 1 aromatic rings. The molecular weight excluding hydrogens is 228 g/mol. The van der Waals surface area contributed by atoms with Crippen molar-refractivity contribution in [1.82, 2.24) is 4.98 Å². The number of hydrogen-bond acceptors (Lipinski definition) is 4. The van der Waals surface area contributed by atoms with Crippen LogP contribution in [-0.4, -0.2) is 24.3 Å². The minimum absolute atomic E-state index is 0.187. The highest BCUT2D eigenvalue weighted by Crippen LogP contribution is 2.13. The number of nitrogens with zero attached hydrogens (tertiary/aromatic N) is 1. The SMILES string of the molecule is NS(=O)(=O)C[C@H](O)c1cccc(Cl)n1. The van der Waals surface area contributed by atoms with Crippen LogP contribution in [0.1, 0.15) is 11.8 Å². The number of hydrogen-bond donors (Lipinski definition) is 2. The molecule has 0 aliphatic carbocycles. The fourth-order valence-electron chi connectivity index (χ4n) is 0.915. The molecule has 1 rings (SSSR count). The van der Waals surface area contributed by atoms with Gasteiger partial charge in [0.05, 0.1) is 11.4 Å². The van der Waals surface area contributed by atoms with E-state index in [0.29, 0.717) is 0 Å². The van der Waals surface area contributed by atoms with E-state index in [9.17, 15) is 13.5 Å². The summed E-state index contributed by atoms with van der Waals surface area (Å²) < 4.78 is 21.3. The summed E-state index contributed by atoms with van der Waals surface area (Å²) in [6.45, 7) is 0. The first-order valence-corrected chi connectivity index (χ1v) is 5.79. The third-order valence-electron chi connectivity index (χ3n) is 1.47. The Morgan fingerprint density at radius 1 is 1.57 bits per heavy atom. The van der Waals surface area contributed by atoms with Crippen LogP contribution in [-0.2, 0) is 10.0 Å². The van der Waals surface area contributed by atoms with Crippen LogP contribution in [0.2, 0.25) is 5.15 Å². The van der Waals surface area contributed by atoms with Crippen LogP contribution in [0.15, 0.2) is 18.2 Å². The predicted octanol–water partition coefficient (Wildman–Crippen LogP) is 0.0569. The summed E-state index contributed by atoms with van der Waals surface area (Å²) >= 11 is 5.56. The minimum atomic E-state index is -3.72. The molecule has 1 heterocycles. The zero-order chi connectivity index (χ0) is 10.8. The first kappa shape index (κ1) is 11.4. The summed E-state index contributed by atoms with van der Waals surface area (Å²) in [5, 5.41) is 14.4. The number of pyridine rings is 1. The van der Waals surface area contributed by atoms with E-state index >= 15 is 0 Å². The lowest BCUT2D eigenvalue weighted by molar-refractivity contribution is 0.197. The Morgan fingerprint density at radius 2 is 2.21 bits per heavy atom. The average Bonchev–Trinajstić information content (AvgIpc) is 2.01. The molecule has 0 fully saturated rings. The Hall–Kier alpha value is -0.690. The van der Waals surface area contributed by atoms with E-state index in [1.165, 1.54) is 12.1 Å². The zero-order valence-electron chi connectivity index (χ0n) is 7.09. The Bertz CT molecular complexity index is 421. The van der Waals surface area contributed by atoms with Gasteiger partial charge in [-0.15, -0.1) is 0 Å². The van der Waals surface area contributed by atoms with Crippen molar-refractivity contribution in [2.75, 3.05) is 5.75 Å². The molecule has 0 saturated heterocycles. The second kappa shape index (κ2) is 4.22. The fourth-order valence-corrected chi connectivity index (χ4v) is 1.70. The minimum Gasteiger partial charge on any atom is -0.386 e. The molecule has 0 aliphatic rings. The van der Waals surface area contributed by atoms with Gasteiger partial charge in [0.15, 0.2) is 0 Å². The number of aliphatic hydroxyl groups excluding tert-OH is 1. The highest BCUT2D eigenvalue weighted by Gasteiger charge is 2.16. The summed E-state index contributed by atoms with van der Waals surface area (Å²) in [6.07, 6.45) is -1.25. The van der Waals surface area contributed by atoms with E-state index < -0.39 is 21.9 Å². The van der Waals surface area contributed by atoms with Gasteiger partial charge in [-0.1, -0.05) is 17.7 Å². The van der Waals surface area contributed by atoms with Crippen LogP contribution in [0.25, 0.3) is 0 Å². The van der Waals surface area contributed by atoms with E-state index in [1.807, 2.05) is 0 Å². The predicted molar refractivity (Wildman–Crippen MR) is 52.2 cm³/mol. The van der Waals surface area contributed by atoms with Crippen molar-refractivity contribution in [2.45, 2.75) is 6.10 Å². The topological polar surface area (TPSA) is 93.3 Å². The van der Waals surface area contributed by atoms with Gasteiger partial charge in [-0.2, -0.15) is 0 Å². The van der Waals surface area contributed by atoms with Gasteiger partial charge in [0.1, 0.15) is 11.3 Å². The number of halogens is 1. The van der Waals surface area contributed by atoms with Gasteiger partial charge in [0.25, 0.3) is 0 Å². The normalized spacial score (nSPS) is 13.9. The van der Waals surface area contributed by atoms with E-state index in [4.69, 9.17) is 16.7 Å². The van der Waals surface area contributed by atoms with Crippen molar-refractivity contribution in [1.29, 1.82) is 0 Å². The molecule has 3 N–H and O–H groups in total. The van der Waals surface area contributed by atoms with Crippen molar-refractivity contribution < 1.29 is 13.5 Å². The van der Waals surface area contributed by atoms with Gasteiger partial charge in [-0.25, -0.2) is 18.5 Å². The van der Waals surface area contributed by atoms with Crippen LogP contribution >= 0.6 is 11.6 Å². The molecule has 0 radical (unpaired) electrons. The number of sulfonamides is 1. The third kappa shape index (κ3) is 3.59. The van der Waals surface area contributed by atoms with Crippen LogP contribution in [0, 0.1) is 0 Å². The number of aliphatic hydroxyl groups is 1. The highest BCUT2D eigenvalue weighted by molar-refractivity contribution is 7.89. The molecule has 14 heavy (non-hydrogen) atoms. The highest BCUT2D eigenvalue weighted by atomic mass is 35.5. The monoisotopic (exact) mass is 236 g/mol. The molecule has 0 saturated carbocycles. The van der Waals surface area contributed by atoms with E-state index in [-0.39, 0.29) is 10.8 Å². The summed E-state index contributed by atoms with van der Waals surface area (Å²) in [5.74, 6) is -0.569. The maximum absolute atomic E-state index is 10.7. The molecule has 5 nitrogen and oxygen atoms in total. The Labute approximate surface area is 86.6 Å². The molecule has 0 aliphatic heterocycles. The molecule has 0 unspecified atom stereocenters. The van der Waals surface area contributed by atoms with Gasteiger partial charge in [0, 0.05) is 0 Å². The Kier molecular flexibility index (Phi) is 3.43. The quantitative estimate of drug-likeness (QED) is 0.726. The molecule has 0 aromatic carbocycles. The molecule has 0 amide bonds. The Morgan fingerprint density at radius 3 is 2.71 bits per heavy atom. The summed E-state index contributed by atoms with van der Waals surface area (Å²) in [5.41, 5.74) is 0.187. The number of nitrogens with two attached hydrogens (primary N) is 1. The van der Waals surface area contributed by atoms with E-state index in [0.717, 1.165) is 0 Å². The molecule has 0 spiro atoms. The van der Waals surface area contributed by atoms with Gasteiger partial charge in [-0.05, 0) is 12.1 Å². The maximum Gasteiger partial charge on any atom is 0.212 e. The second-order valence-corrected chi connectivity index (χ2v) is 4.78. The van der Waals surface area contributed by atoms with Crippen molar-refractivity contribution in [3.05, 3.63) is 29.0 Å². The summed E-state index contributed by atoms with van der Waals surface area (Å²) in [4.78, 5) is 3.75. The molecular formula is C7H9ClN2O3S. The van der Waals surface area contributed by atoms with Gasteiger partial charge >= 0.3 is 0 Å². The molecule has 1 atom stereocenters. The van der Waals surface area contributed by atoms with Crippen molar-refractivity contribution in [3.63, 3.8) is 0 Å². The van der Waals surface area contributed by atoms with Crippen molar-refractivity contribution in [2.24, 2.45) is 5.14 Å². The molecule has 1 aromatic heterocycles. The smallest absolute Gasteiger partial charge is 0.212 e. The largest absolute Gasteiger partial charge is 0.386 e. The standard InChI is InChI=1S/C7H9ClN2O3S/c8-7-3-1-2-5(10-7)6(11)4-14(9,12)13/h1-3,6,11H,4H2,(H2,9,12,13)/t6-/m0/s1. The van der Waals surface area contributed by atoms with Gasteiger partial charge in [-0.3, -0.25) is 0 Å². The van der Waals surface area contributed by atoms with E-state index in [2.05, 4.69) is 4.98 Å². The first-order chi connectivity index (χ1) is 6.38. The number of aromatic nitrogens is 1. The summed E-state index contributed by atoms with van der Waals surface area (Å²) in [7, 11) is -3.72. The zero-order valence-corrected chi connectivity index (χ0v) is 8.66. The summed E-state index contributed by atoms with van der Waals surface area (Å²) in [6, 6.07) is 4.56. The van der Waals surface area contributed by atoms with Crippen molar-refractivity contribution in [3.8, 4) is 0 Å². The lowest BCUT2D eigenvalue weighted by Gasteiger charge is -2.07. The third-order valence-corrected chi connectivity index (χ3v) is 2.46. The van der Waals surface area contributed by atoms with Crippen LogP contribution in [0.4, 0.5) is 0 Å². The molecule has 0 bridgehead atoms. The lowest BCUT2D eigenvalue weighted by atomic mass is 10.2. The number of rotatable bonds is 3. The fraction of sp³-hybridized carbons (Fsp3) is 0.286. The van der Waals surface area contributed by atoms with Gasteiger partial charge in [0.2, 0.25) is 10.0 Å². The van der Waals surface area contributed by atoms with Crippen LogP contribution < -0.4 is 5.14 Å². The second-order valence-electron chi connectivity index (χ2n) is 2.73. The van der Waals surface area contributed by atoms with Crippen LogP contribution in [0.5, 0.6) is 0 Å². The average molecular weight is 237 g/mol. The maximum atomic E-state index is 10.7. The first-order valence-electron chi connectivity index (χ1n) is 3.69. The van der Waals surface area contributed by atoms with Crippen LogP contribution in [0.3, 0.4) is 0 Å². The molecule has 7 heteroatoms.